The van der Waals surface area contributed by atoms with Gasteiger partial charge in [0.15, 0.2) is 0 Å². The lowest BCUT2D eigenvalue weighted by molar-refractivity contribution is 0.114. The van der Waals surface area contributed by atoms with Crippen LogP contribution < -0.4 is 11.5 Å². The van der Waals surface area contributed by atoms with Gasteiger partial charge in [0.2, 0.25) is 0 Å². The zero-order valence-corrected chi connectivity index (χ0v) is 16.1. The molecule has 0 bridgehead atoms. The lowest BCUT2D eigenvalue weighted by Crippen LogP contribution is -2.20. The van der Waals surface area contributed by atoms with E-state index in [9.17, 15) is 26.3 Å². The molecular weight excluding hydrogens is 494 g/mol. The number of hydrogen-bond acceptors (Lipinski definition) is 2. The minimum Gasteiger partial charge on any atom is -0.319 e. The van der Waals surface area contributed by atoms with Gasteiger partial charge in [-0.05, 0) is 36.4 Å². The summed E-state index contributed by atoms with van der Waals surface area (Å²) in [4.78, 5) is 0. The van der Waals surface area contributed by atoms with E-state index >= 15 is 0 Å². The maximum atomic E-state index is 12.9. The van der Waals surface area contributed by atoms with Crippen molar-refractivity contribution in [3.63, 3.8) is 0 Å². The Kier molecular flexibility index (Phi) is 9.08. The molecule has 0 saturated heterocycles. The van der Waals surface area contributed by atoms with Crippen LogP contribution in [0.1, 0.15) is 23.2 Å². The van der Waals surface area contributed by atoms with Crippen molar-refractivity contribution in [2.45, 2.75) is 24.9 Å². The number of alkyl halides is 4. The van der Waals surface area contributed by atoms with Gasteiger partial charge in [-0.2, -0.15) is 0 Å². The van der Waals surface area contributed by atoms with Gasteiger partial charge < -0.3 is 11.5 Å². The van der Waals surface area contributed by atoms with Crippen molar-refractivity contribution in [1.29, 1.82) is 0 Å². The van der Waals surface area contributed by atoms with Crippen LogP contribution >= 0.6 is 31.9 Å². The minimum atomic E-state index is -2.76. The Hall–Kier alpha value is -1.10. The molecule has 0 aliphatic heterocycles. The normalized spacial score (nSPS) is 13.4. The van der Waals surface area contributed by atoms with E-state index in [1.54, 1.807) is 0 Å². The number of halogens is 8. The second kappa shape index (κ2) is 10.3. The first-order valence-corrected chi connectivity index (χ1v) is 8.60. The molecule has 4 N–H and O–H groups in total. The summed E-state index contributed by atoms with van der Waals surface area (Å²) in [6.07, 6.45) is -5.52. The molecule has 0 aliphatic carbocycles. The van der Waals surface area contributed by atoms with Crippen LogP contribution in [0.2, 0.25) is 0 Å². The summed E-state index contributed by atoms with van der Waals surface area (Å²) < 4.78 is 75.4. The molecule has 2 nitrogen and oxygen atoms in total. The molecule has 2 aromatic rings. The largest absolute Gasteiger partial charge is 0.319 e. The summed E-state index contributed by atoms with van der Waals surface area (Å²) in [5.74, 6) is -1.42. The quantitative estimate of drug-likeness (QED) is 0.521. The molecule has 144 valence electrons. The van der Waals surface area contributed by atoms with Crippen LogP contribution in [0.25, 0.3) is 0 Å². The average molecular weight is 508 g/mol. The Bertz CT molecular complexity index is 668. The van der Waals surface area contributed by atoms with Crippen molar-refractivity contribution >= 4 is 31.9 Å². The maximum absolute atomic E-state index is 12.9. The molecule has 0 aliphatic rings. The Balaban J connectivity index is 0.000000260. The van der Waals surface area contributed by atoms with Crippen LogP contribution in [-0.2, 0) is 0 Å². The summed E-state index contributed by atoms with van der Waals surface area (Å²) in [5.41, 5.74) is 9.84. The standard InChI is InChI=1S/2C8H7BrF3N/c2*9-4-1-2-6(10)5(3-4)7(13)8(11)12/h2*1-3,7-8H,13H2/t2*7-/m10/s1. The van der Waals surface area contributed by atoms with E-state index in [1.807, 2.05) is 0 Å². The van der Waals surface area contributed by atoms with Crippen molar-refractivity contribution in [2.24, 2.45) is 11.5 Å². The zero-order valence-electron chi connectivity index (χ0n) is 13.0. The van der Waals surface area contributed by atoms with Crippen LogP contribution in [0.4, 0.5) is 26.3 Å². The van der Waals surface area contributed by atoms with Gasteiger partial charge in [0.1, 0.15) is 11.6 Å². The highest BCUT2D eigenvalue weighted by Crippen LogP contribution is 2.25. The van der Waals surface area contributed by atoms with E-state index < -0.39 is 36.6 Å². The second-order valence-corrected chi connectivity index (χ2v) is 6.88. The molecule has 2 aromatic carbocycles. The van der Waals surface area contributed by atoms with Gasteiger partial charge in [0.25, 0.3) is 12.9 Å². The van der Waals surface area contributed by atoms with Crippen molar-refractivity contribution in [3.8, 4) is 0 Å². The van der Waals surface area contributed by atoms with Crippen LogP contribution in [0, 0.1) is 11.6 Å². The summed E-state index contributed by atoms with van der Waals surface area (Å²) in [6, 6.07) is 4.42. The smallest absolute Gasteiger partial charge is 0.257 e. The summed E-state index contributed by atoms with van der Waals surface area (Å²) >= 11 is 6.09. The van der Waals surface area contributed by atoms with Crippen molar-refractivity contribution in [3.05, 3.63) is 68.1 Å². The molecule has 0 radical (unpaired) electrons. The van der Waals surface area contributed by atoms with Crippen LogP contribution in [0.5, 0.6) is 0 Å². The Morgan fingerprint density at radius 1 is 0.654 bits per heavy atom. The van der Waals surface area contributed by atoms with Crippen LogP contribution in [0.3, 0.4) is 0 Å². The predicted molar refractivity (Wildman–Crippen MR) is 94.1 cm³/mol. The lowest BCUT2D eigenvalue weighted by atomic mass is 10.1. The van der Waals surface area contributed by atoms with Gasteiger partial charge in [0.05, 0.1) is 12.1 Å². The van der Waals surface area contributed by atoms with Gasteiger partial charge in [-0.1, -0.05) is 31.9 Å². The number of benzene rings is 2. The average Bonchev–Trinajstić information content (AvgIpc) is 2.58. The van der Waals surface area contributed by atoms with E-state index in [2.05, 4.69) is 31.9 Å². The van der Waals surface area contributed by atoms with E-state index in [4.69, 9.17) is 11.5 Å². The van der Waals surface area contributed by atoms with E-state index in [1.165, 1.54) is 24.3 Å². The fraction of sp³-hybridized carbons (Fsp3) is 0.250. The number of hydrogen-bond donors (Lipinski definition) is 2. The predicted octanol–water partition coefficient (Wildman–Crippen LogP) is 5.71. The highest BCUT2D eigenvalue weighted by molar-refractivity contribution is 9.10. The molecule has 0 heterocycles. The van der Waals surface area contributed by atoms with E-state index in [0.717, 1.165) is 12.1 Å². The van der Waals surface area contributed by atoms with Gasteiger partial charge in [0, 0.05) is 20.1 Å². The molecule has 2 atom stereocenters. The SMILES string of the molecule is N[C@@H](c1cc(Br)ccc1F)C(F)F.N[C@H](c1cc(Br)ccc1F)C(F)F. The molecular formula is C16H14Br2F6N2. The summed E-state index contributed by atoms with van der Waals surface area (Å²) in [5, 5.41) is 0. The van der Waals surface area contributed by atoms with Gasteiger partial charge in [-0.15, -0.1) is 0 Å². The zero-order chi connectivity index (χ0) is 20.0. The molecule has 2 rings (SSSR count). The van der Waals surface area contributed by atoms with Gasteiger partial charge in [-0.3, -0.25) is 0 Å². The van der Waals surface area contributed by atoms with Crippen molar-refractivity contribution in [1.82, 2.24) is 0 Å². The third-order valence-electron chi connectivity index (χ3n) is 3.18. The summed E-state index contributed by atoms with van der Waals surface area (Å²) in [7, 11) is 0. The second-order valence-electron chi connectivity index (χ2n) is 5.05. The molecule has 0 aromatic heterocycles. The van der Waals surface area contributed by atoms with Crippen LogP contribution in [-0.4, -0.2) is 12.9 Å². The van der Waals surface area contributed by atoms with Gasteiger partial charge in [-0.25, -0.2) is 26.3 Å². The molecule has 10 heteroatoms. The monoisotopic (exact) mass is 506 g/mol. The minimum absolute atomic E-state index is 0.177. The molecule has 0 saturated carbocycles. The molecule has 0 unspecified atom stereocenters. The van der Waals surface area contributed by atoms with E-state index in [0.29, 0.717) is 8.95 Å². The van der Waals surface area contributed by atoms with Gasteiger partial charge >= 0.3 is 0 Å². The number of nitrogens with two attached hydrogens (primary N) is 2. The molecule has 0 spiro atoms. The molecule has 0 amide bonds. The van der Waals surface area contributed by atoms with Crippen molar-refractivity contribution < 1.29 is 26.3 Å². The first-order valence-electron chi connectivity index (χ1n) is 7.02. The fourth-order valence-electron chi connectivity index (χ4n) is 1.81. The Morgan fingerprint density at radius 2 is 0.962 bits per heavy atom. The van der Waals surface area contributed by atoms with Crippen molar-refractivity contribution in [2.75, 3.05) is 0 Å². The number of rotatable bonds is 4. The third-order valence-corrected chi connectivity index (χ3v) is 4.16. The highest BCUT2D eigenvalue weighted by Gasteiger charge is 2.21. The summed E-state index contributed by atoms with van der Waals surface area (Å²) in [6.45, 7) is 0. The molecule has 0 fully saturated rings. The lowest BCUT2D eigenvalue weighted by Gasteiger charge is -2.11. The Labute approximate surface area is 162 Å². The fourth-order valence-corrected chi connectivity index (χ4v) is 2.57. The third kappa shape index (κ3) is 6.57. The van der Waals surface area contributed by atoms with E-state index in [-0.39, 0.29) is 11.1 Å². The molecule has 26 heavy (non-hydrogen) atoms. The maximum Gasteiger partial charge on any atom is 0.257 e. The first-order chi connectivity index (χ1) is 12.0. The topological polar surface area (TPSA) is 52.0 Å². The highest BCUT2D eigenvalue weighted by atomic mass is 79.9. The first kappa shape index (κ1) is 22.9. The van der Waals surface area contributed by atoms with Crippen LogP contribution in [0.15, 0.2) is 45.3 Å². The Morgan fingerprint density at radius 3 is 1.23 bits per heavy atom.